The summed E-state index contributed by atoms with van der Waals surface area (Å²) in [6.45, 7) is 0. The van der Waals surface area contributed by atoms with Crippen molar-refractivity contribution in [1.82, 2.24) is 0 Å². The third kappa shape index (κ3) is 4.13. The Bertz CT molecular complexity index is 17.6. The van der Waals surface area contributed by atoms with Crippen LogP contribution in [0.2, 0.25) is 0 Å². The van der Waals surface area contributed by atoms with Crippen LogP contribution in [0.25, 0.3) is 0 Å². The van der Waals surface area contributed by atoms with Crippen molar-refractivity contribution >= 4 is 0 Å². The molecule has 0 aliphatic heterocycles. The lowest BCUT2D eigenvalue weighted by Crippen LogP contribution is -2.37. The molecular formula is ClO4-. The molecule has 0 aromatic rings. The highest BCUT2D eigenvalue weighted by Crippen LogP contribution is 1.54. The zero-order valence-corrected chi connectivity index (χ0v) is 2.77. The van der Waals surface area contributed by atoms with Gasteiger partial charge in [0.05, 0.1) is 0 Å². The first-order chi connectivity index (χ1) is 2.27. The topological polar surface area (TPSA) is 78.4 Å². The van der Waals surface area contributed by atoms with Gasteiger partial charge < -0.3 is 14.6 Å². The maximum atomic E-state index is 8.80. The summed E-state index contributed by atoms with van der Waals surface area (Å²) in [5.74, 6) is 0. The highest BCUT2D eigenvalue weighted by atomic mass is 35.6. The van der Waals surface area contributed by atoms with Gasteiger partial charge in [-0.2, -0.15) is 0 Å². The number of rotatable bonds is 1. The van der Waals surface area contributed by atoms with Crippen molar-refractivity contribution < 1.29 is 29.8 Å². The Kier molecular flexibility index (Phi) is 2.43. The molecule has 0 rings (SSSR count). The summed E-state index contributed by atoms with van der Waals surface area (Å²) in [4.78, 5) is 0. The summed E-state index contributed by atoms with van der Waals surface area (Å²) in [7, 11) is -2.60. The van der Waals surface area contributed by atoms with Gasteiger partial charge in [-0.15, -0.1) is 0 Å². The zero-order chi connectivity index (χ0) is 4.28. The second-order valence-electron chi connectivity index (χ2n) is 0.252. The minimum atomic E-state index is -2.60. The molecule has 5 heteroatoms. The van der Waals surface area contributed by atoms with Gasteiger partial charge in [0, 0.05) is 0 Å². The molecule has 0 aliphatic rings. The first-order valence-corrected chi connectivity index (χ1v) is 1.56. The van der Waals surface area contributed by atoms with Crippen LogP contribution in [0.4, 0.5) is 0 Å². The van der Waals surface area contributed by atoms with Crippen LogP contribution in [0.3, 0.4) is 0 Å². The summed E-state index contributed by atoms with van der Waals surface area (Å²) < 4.78 is 20.0. The lowest BCUT2D eigenvalue weighted by molar-refractivity contribution is -1.66. The second kappa shape index (κ2) is 2.37. The first kappa shape index (κ1) is 5.13. The molecule has 5 heavy (non-hydrogen) atoms. The molecule has 0 fully saturated rings. The van der Waals surface area contributed by atoms with Crippen molar-refractivity contribution in [3.63, 3.8) is 0 Å². The second-order valence-corrected chi connectivity index (χ2v) is 0.756. The Morgan fingerprint density at radius 1 is 1.40 bits per heavy atom. The third-order valence-electron chi connectivity index (χ3n) is 0.0514. The summed E-state index contributed by atoms with van der Waals surface area (Å²) in [6, 6.07) is 0. The van der Waals surface area contributed by atoms with E-state index in [1.807, 2.05) is 0 Å². The van der Waals surface area contributed by atoms with Crippen LogP contribution in [0, 0.1) is 10.8 Å². The average Bonchev–Trinajstić information content (AvgIpc) is 1.38. The number of hydrogen-bond acceptors (Lipinski definition) is 4. The van der Waals surface area contributed by atoms with E-state index in [1.165, 1.54) is 0 Å². The minimum absolute atomic E-state index is 2.38. The lowest BCUT2D eigenvalue weighted by Gasteiger charge is -1.90. The van der Waals surface area contributed by atoms with Crippen LogP contribution in [-0.2, 0) is 4.44 Å². The van der Waals surface area contributed by atoms with Crippen molar-refractivity contribution in [2.45, 2.75) is 0 Å². The van der Waals surface area contributed by atoms with E-state index in [0.29, 0.717) is 0 Å². The summed E-state index contributed by atoms with van der Waals surface area (Å²) >= 11 is 0. The van der Waals surface area contributed by atoms with Gasteiger partial charge in [-0.05, 0) is 4.44 Å². The van der Waals surface area contributed by atoms with Crippen LogP contribution in [0.15, 0.2) is 0 Å². The van der Waals surface area contributed by atoms with E-state index in [9.17, 15) is 0 Å². The Hall–Kier alpha value is 0.130. The number of hydrogen-bond donors (Lipinski definition) is 0. The summed E-state index contributed by atoms with van der Waals surface area (Å²) in [5, 5.41) is 8.50. The van der Waals surface area contributed by atoms with Gasteiger partial charge in [-0.1, -0.05) is 0 Å². The fourth-order valence-electron chi connectivity index (χ4n) is 0. The van der Waals surface area contributed by atoms with Crippen LogP contribution in [0.5, 0.6) is 0 Å². The maximum Gasteiger partial charge on any atom is 0.276 e. The van der Waals surface area contributed by atoms with Crippen LogP contribution in [-0.4, -0.2) is 0 Å². The molecule has 0 N–H and O–H groups in total. The smallest absolute Gasteiger partial charge is 0.276 e. The van der Waals surface area contributed by atoms with E-state index in [-0.39, 0.29) is 0 Å². The predicted molar refractivity (Wildman–Crippen MR) is 1.08 cm³/mol. The summed E-state index contributed by atoms with van der Waals surface area (Å²) in [6.07, 6.45) is 0. The molecular weight excluding hydrogens is 99.4 g/mol. The van der Waals surface area contributed by atoms with Gasteiger partial charge in [0.1, 0.15) is 0 Å². The molecule has 0 aromatic carbocycles. The van der Waals surface area contributed by atoms with Gasteiger partial charge >= 0.3 is 0 Å². The molecule has 0 spiro atoms. The van der Waals surface area contributed by atoms with E-state index in [1.54, 1.807) is 0 Å². The number of halogens is 1. The highest BCUT2D eigenvalue weighted by Gasteiger charge is 1.87. The van der Waals surface area contributed by atoms with Crippen molar-refractivity contribution in [3.05, 3.63) is 0 Å². The highest BCUT2D eigenvalue weighted by molar-refractivity contribution is 2.26. The molecule has 0 heterocycles. The predicted octanol–water partition coefficient (Wildman–Crippen LogP) is -3.64. The molecule has 0 amide bonds. The fourth-order valence-corrected chi connectivity index (χ4v) is 0. The average molecular weight is 99.4 g/mol. The van der Waals surface area contributed by atoms with Gasteiger partial charge in [-0.3, -0.25) is 0 Å². The standard InChI is InChI=1S/ClHO4/c2-1(3)5-4/h4H/p-1. The largest absolute Gasteiger partial charge is 0.620 e. The lowest BCUT2D eigenvalue weighted by atomic mass is 15.0. The monoisotopic (exact) mass is 98.9 g/mol. The van der Waals surface area contributed by atoms with Crippen LogP contribution >= 0.6 is 0 Å². The van der Waals surface area contributed by atoms with Crippen molar-refractivity contribution in [2.24, 2.45) is 0 Å². The van der Waals surface area contributed by atoms with E-state index in [0.717, 1.165) is 0 Å². The normalized spacial score (nSPS) is 9.60. The van der Waals surface area contributed by atoms with Crippen molar-refractivity contribution in [2.75, 3.05) is 0 Å². The minimum Gasteiger partial charge on any atom is -0.620 e. The zero-order valence-electron chi connectivity index (χ0n) is 2.01. The molecule has 4 nitrogen and oxygen atoms in total. The first-order valence-electron chi connectivity index (χ1n) is 0.630. The van der Waals surface area contributed by atoms with Gasteiger partial charge in [-0.25, -0.2) is 0 Å². The van der Waals surface area contributed by atoms with E-state index in [2.05, 4.69) is 4.44 Å². The van der Waals surface area contributed by atoms with E-state index >= 15 is 0 Å². The molecule has 0 aliphatic carbocycles. The molecule has 0 bridgehead atoms. The van der Waals surface area contributed by atoms with E-state index < -0.39 is 10.8 Å². The quantitative estimate of drug-likeness (QED) is 0.251. The SMILES string of the molecule is [O-]O[Cl+2]([O-])[O-]. The van der Waals surface area contributed by atoms with Crippen LogP contribution in [0.1, 0.15) is 0 Å². The van der Waals surface area contributed by atoms with Crippen molar-refractivity contribution in [3.8, 4) is 0 Å². The molecule has 0 saturated heterocycles. The molecule has 0 atom stereocenters. The molecule has 0 saturated carbocycles. The maximum absolute atomic E-state index is 8.80. The van der Waals surface area contributed by atoms with Crippen molar-refractivity contribution in [1.29, 1.82) is 0 Å². The molecule has 0 aromatic heterocycles. The van der Waals surface area contributed by atoms with E-state index in [4.69, 9.17) is 14.6 Å². The Labute approximate surface area is 30.9 Å². The molecule has 0 radical (unpaired) electrons. The van der Waals surface area contributed by atoms with Gasteiger partial charge in [0.15, 0.2) is 0 Å². The molecule has 32 valence electrons. The van der Waals surface area contributed by atoms with Crippen LogP contribution < -0.4 is 14.6 Å². The summed E-state index contributed by atoms with van der Waals surface area (Å²) in [5.41, 5.74) is 0. The Morgan fingerprint density at radius 2 is 1.60 bits per heavy atom. The Morgan fingerprint density at radius 3 is 1.60 bits per heavy atom. The third-order valence-corrected chi connectivity index (χ3v) is 0.154. The fraction of sp³-hybridized carbons (Fsp3) is 0. The van der Waals surface area contributed by atoms with Gasteiger partial charge in [0.25, 0.3) is 10.8 Å². The molecule has 0 unspecified atom stereocenters. The Balaban J connectivity index is 2.54. The van der Waals surface area contributed by atoms with Gasteiger partial charge in [0.2, 0.25) is 0 Å².